The van der Waals surface area contributed by atoms with E-state index in [4.69, 9.17) is 15.3 Å². The molecule has 336 valence electrons. The van der Waals surface area contributed by atoms with E-state index in [1.54, 1.807) is 0 Å². The van der Waals surface area contributed by atoms with Crippen molar-refractivity contribution in [3.8, 4) is 50.8 Å². The van der Waals surface area contributed by atoms with Gasteiger partial charge in [-0.05, 0) is 72.8 Å². The molecule has 0 aliphatic rings. The number of hydrogen-bond donors (Lipinski definition) is 0. The number of fused-ring (bicyclic) bond motifs is 15. The molecule has 0 aliphatic carbocycles. The van der Waals surface area contributed by atoms with Crippen LogP contribution in [0.5, 0.6) is 0 Å². The van der Waals surface area contributed by atoms with E-state index in [2.05, 4.69) is 250 Å². The Morgan fingerprint density at radius 3 is 0.653 bits per heavy atom. The second-order valence-corrected chi connectivity index (χ2v) is 18.6. The predicted molar refractivity (Wildman–Crippen MR) is 292 cm³/mol. The molecule has 0 atom stereocenters. The third kappa shape index (κ3) is 5.55. The van der Waals surface area contributed by atoms with Gasteiger partial charge in [0.05, 0.1) is 50.2 Å². The number of hydrogen-bond acceptors (Lipinski definition) is 3. The van der Waals surface area contributed by atoms with Crippen molar-refractivity contribution in [1.29, 1.82) is 0 Å². The van der Waals surface area contributed by atoms with E-state index >= 15 is 0 Å². The Labute approximate surface area is 410 Å². The van der Waals surface area contributed by atoms with Gasteiger partial charge in [0.1, 0.15) is 0 Å². The normalized spacial score (nSPS) is 12.2. The highest BCUT2D eigenvalue weighted by Gasteiger charge is 2.21. The zero-order valence-electron chi connectivity index (χ0n) is 38.5. The van der Waals surface area contributed by atoms with Gasteiger partial charge in [0.2, 0.25) is 0 Å². The Morgan fingerprint density at radius 1 is 0.222 bits per heavy atom. The summed E-state index contributed by atoms with van der Waals surface area (Å²) in [6.45, 7) is 0. The first kappa shape index (κ1) is 38.9. The molecule has 16 aromatic rings. The van der Waals surface area contributed by atoms with Crippen molar-refractivity contribution >= 4 is 82.4 Å². The van der Waals surface area contributed by atoms with Gasteiger partial charge in [-0.25, -0.2) is 0 Å². The van der Waals surface area contributed by atoms with E-state index in [-0.39, 0.29) is 0 Å². The van der Waals surface area contributed by atoms with Gasteiger partial charge in [-0.1, -0.05) is 146 Å². The molecule has 0 unspecified atom stereocenters. The summed E-state index contributed by atoms with van der Waals surface area (Å²) >= 11 is 0. The van der Waals surface area contributed by atoms with E-state index in [0.717, 1.165) is 67.8 Å². The molecule has 0 amide bonds. The SMILES string of the molecule is c1ccc2c(c1)c1ccccc1n2-c1ccc(-c2cc3n(n2)c2cc(-c4ccc(-n5c6ccccc6c6ccccc65)cc4)nn2c2cc(-c4ccc(-n5c6ccccc6c6ccccc65)cc4)nn32)cc1. The van der Waals surface area contributed by atoms with Gasteiger partial charge in [0.25, 0.3) is 0 Å². The van der Waals surface area contributed by atoms with E-state index in [9.17, 15) is 0 Å². The molecule has 9 aromatic carbocycles. The predicted octanol–water partition coefficient (Wildman–Crippen LogP) is 14.9. The molecule has 0 spiro atoms. The van der Waals surface area contributed by atoms with Gasteiger partial charge >= 0.3 is 0 Å². The Morgan fingerprint density at radius 2 is 0.431 bits per heavy atom. The molecule has 0 saturated heterocycles. The first-order valence-electron chi connectivity index (χ1n) is 24.3. The van der Waals surface area contributed by atoms with E-state index in [1.807, 2.05) is 13.5 Å². The first-order chi connectivity index (χ1) is 35.7. The number of nitrogens with zero attached hydrogens (tertiary/aromatic N) is 9. The van der Waals surface area contributed by atoms with Gasteiger partial charge < -0.3 is 13.7 Å². The summed E-state index contributed by atoms with van der Waals surface area (Å²) in [5.74, 6) is 0. The zero-order valence-corrected chi connectivity index (χ0v) is 38.5. The highest BCUT2D eigenvalue weighted by atomic mass is 15.4. The maximum absolute atomic E-state index is 5.32. The highest BCUT2D eigenvalue weighted by Crippen LogP contribution is 2.37. The lowest BCUT2D eigenvalue weighted by Gasteiger charge is -2.08. The topological polar surface area (TPSA) is 66.7 Å². The standard InChI is InChI=1S/C63H39N9/c1-7-19-55-46(13-1)47-14-2-8-20-56(47)67(55)43-31-25-40(26-32-43)52-37-61-70(64-52)62-38-53(41-27-33-44(34-28-41)68-57-21-9-3-15-48(57)49-16-4-10-22-58(49)68)66-72(62)63-39-54(65-71(61)63)42-29-35-45(36-30-42)69-59-23-11-5-17-50(59)51-18-6-12-24-60(51)69/h1-39H. The molecule has 16 rings (SSSR count). The van der Waals surface area contributed by atoms with Crippen LogP contribution in [0.4, 0.5) is 0 Å². The maximum atomic E-state index is 5.32. The maximum Gasteiger partial charge on any atom is 0.162 e. The van der Waals surface area contributed by atoms with Crippen molar-refractivity contribution in [3.05, 3.63) is 237 Å². The van der Waals surface area contributed by atoms with Gasteiger partial charge in [0, 0.05) is 84.3 Å². The quantitative estimate of drug-likeness (QED) is 0.167. The Bertz CT molecular complexity index is 4100. The molecule has 0 N–H and O–H groups in total. The summed E-state index contributed by atoms with van der Waals surface area (Å²) in [5, 5.41) is 23.4. The van der Waals surface area contributed by atoms with Crippen LogP contribution in [0, 0.1) is 0 Å². The second-order valence-electron chi connectivity index (χ2n) is 18.6. The summed E-state index contributed by atoms with van der Waals surface area (Å²) in [6.07, 6.45) is 0. The molecule has 7 heterocycles. The number of aromatic nitrogens is 9. The van der Waals surface area contributed by atoms with Crippen molar-refractivity contribution < 1.29 is 0 Å². The summed E-state index contributed by atoms with van der Waals surface area (Å²) in [6, 6.07) is 84.3. The zero-order chi connectivity index (χ0) is 47.0. The van der Waals surface area contributed by atoms with Gasteiger partial charge in [0.15, 0.2) is 16.9 Å². The van der Waals surface area contributed by atoms with Gasteiger partial charge in [-0.2, -0.15) is 28.8 Å². The third-order valence-electron chi connectivity index (χ3n) is 14.7. The van der Waals surface area contributed by atoms with Crippen molar-refractivity contribution in [3.63, 3.8) is 0 Å². The number of para-hydroxylation sites is 6. The molecule has 72 heavy (non-hydrogen) atoms. The fraction of sp³-hybridized carbons (Fsp3) is 0. The fourth-order valence-corrected chi connectivity index (χ4v) is 11.4. The summed E-state index contributed by atoms with van der Waals surface area (Å²) < 4.78 is 13.0. The Balaban J connectivity index is 0.837. The average Bonchev–Trinajstić information content (AvgIpc) is 4.31. The largest absolute Gasteiger partial charge is 0.309 e. The van der Waals surface area contributed by atoms with Crippen LogP contribution in [-0.2, 0) is 0 Å². The molecule has 0 saturated carbocycles. The van der Waals surface area contributed by atoms with Crippen LogP contribution >= 0.6 is 0 Å². The number of rotatable bonds is 6. The van der Waals surface area contributed by atoms with Crippen LogP contribution in [0.2, 0.25) is 0 Å². The van der Waals surface area contributed by atoms with Crippen LogP contribution in [0.25, 0.3) is 133 Å². The van der Waals surface area contributed by atoms with Crippen molar-refractivity contribution in [1.82, 2.24) is 42.5 Å². The summed E-state index contributed by atoms with van der Waals surface area (Å²) in [7, 11) is 0. The van der Waals surface area contributed by atoms with Gasteiger partial charge in [-0.3, -0.25) is 0 Å². The smallest absolute Gasteiger partial charge is 0.162 e. The minimum Gasteiger partial charge on any atom is -0.309 e. The lowest BCUT2D eigenvalue weighted by Crippen LogP contribution is -2.04. The van der Waals surface area contributed by atoms with E-state index in [0.29, 0.717) is 0 Å². The van der Waals surface area contributed by atoms with Crippen LogP contribution < -0.4 is 0 Å². The highest BCUT2D eigenvalue weighted by molar-refractivity contribution is 6.11. The van der Waals surface area contributed by atoms with Crippen LogP contribution in [0.3, 0.4) is 0 Å². The van der Waals surface area contributed by atoms with Crippen molar-refractivity contribution in [2.45, 2.75) is 0 Å². The van der Waals surface area contributed by atoms with E-state index in [1.165, 1.54) is 65.4 Å². The monoisotopic (exact) mass is 921 g/mol. The molecule has 0 bridgehead atoms. The lowest BCUT2D eigenvalue weighted by molar-refractivity contribution is 0.831. The third-order valence-corrected chi connectivity index (χ3v) is 14.7. The number of benzene rings is 9. The second kappa shape index (κ2) is 14.8. The summed E-state index contributed by atoms with van der Waals surface area (Å²) in [4.78, 5) is 0. The van der Waals surface area contributed by atoms with Gasteiger partial charge in [-0.15, -0.1) is 0 Å². The fourth-order valence-electron chi connectivity index (χ4n) is 11.4. The molecule has 0 aliphatic heterocycles. The van der Waals surface area contributed by atoms with Crippen molar-refractivity contribution in [2.75, 3.05) is 0 Å². The van der Waals surface area contributed by atoms with Crippen LogP contribution in [0.15, 0.2) is 237 Å². The summed E-state index contributed by atoms with van der Waals surface area (Å²) in [5.41, 5.74) is 18.4. The molecule has 9 nitrogen and oxygen atoms in total. The van der Waals surface area contributed by atoms with Crippen LogP contribution in [-0.4, -0.2) is 42.5 Å². The minimum absolute atomic E-state index is 0.834. The van der Waals surface area contributed by atoms with Crippen molar-refractivity contribution in [2.24, 2.45) is 0 Å². The molecule has 0 fully saturated rings. The first-order valence-corrected chi connectivity index (χ1v) is 24.3. The Kier molecular flexibility index (Phi) is 7.98. The molecular formula is C63H39N9. The minimum atomic E-state index is 0.834. The lowest BCUT2D eigenvalue weighted by atomic mass is 10.1. The average molecular weight is 922 g/mol. The Hall–Kier alpha value is -9.99. The molecule has 9 heteroatoms. The molecule has 7 aromatic heterocycles. The molecular weight excluding hydrogens is 883 g/mol. The molecule has 0 radical (unpaired) electrons. The van der Waals surface area contributed by atoms with E-state index < -0.39 is 0 Å². The van der Waals surface area contributed by atoms with Crippen LogP contribution in [0.1, 0.15) is 0 Å².